The van der Waals surface area contributed by atoms with E-state index in [2.05, 4.69) is 10.3 Å². The molecule has 0 saturated heterocycles. The average molecular weight is 252 g/mol. The van der Waals surface area contributed by atoms with Crippen LogP contribution in [0.15, 0.2) is 16.9 Å². The molecule has 1 aromatic rings. The van der Waals surface area contributed by atoms with Crippen LogP contribution in [0.3, 0.4) is 0 Å². The highest BCUT2D eigenvalue weighted by molar-refractivity contribution is 5.93. The summed E-state index contributed by atoms with van der Waals surface area (Å²) in [4.78, 5) is 36.2. The number of H-pyrrole nitrogens is 1. The molecule has 1 amide bonds. The maximum absolute atomic E-state index is 11.6. The number of carbonyl (C=O) groups is 2. The lowest BCUT2D eigenvalue weighted by Gasteiger charge is -2.07. The first-order valence-corrected chi connectivity index (χ1v) is 5.62. The maximum atomic E-state index is 11.6. The van der Waals surface area contributed by atoms with Crippen molar-refractivity contribution in [3.63, 3.8) is 0 Å². The molecule has 3 N–H and O–H groups in total. The summed E-state index contributed by atoms with van der Waals surface area (Å²) in [6.07, 6.45) is 0.324. The topological polar surface area (TPSA) is 99.3 Å². The Morgan fingerprint density at radius 3 is 2.67 bits per heavy atom. The van der Waals surface area contributed by atoms with Crippen molar-refractivity contribution in [1.29, 1.82) is 0 Å². The monoisotopic (exact) mass is 252 g/mol. The lowest BCUT2D eigenvalue weighted by atomic mass is 10.1. The molecule has 0 bridgehead atoms. The number of carboxylic acids is 1. The summed E-state index contributed by atoms with van der Waals surface area (Å²) in [5.41, 5.74) is 0.262. The average Bonchev–Trinajstić information content (AvgIpc) is 2.28. The molecule has 0 radical (unpaired) electrons. The zero-order chi connectivity index (χ0) is 13.7. The van der Waals surface area contributed by atoms with Crippen molar-refractivity contribution in [2.24, 2.45) is 5.92 Å². The third-order valence-electron chi connectivity index (χ3n) is 2.58. The van der Waals surface area contributed by atoms with Crippen LogP contribution in [-0.4, -0.2) is 28.5 Å². The molecular weight excluding hydrogens is 236 g/mol. The van der Waals surface area contributed by atoms with Crippen molar-refractivity contribution < 1.29 is 14.7 Å². The van der Waals surface area contributed by atoms with E-state index in [1.54, 1.807) is 19.9 Å². The third-order valence-corrected chi connectivity index (χ3v) is 2.58. The lowest BCUT2D eigenvalue weighted by Crippen LogP contribution is -2.31. The number of aromatic nitrogens is 1. The number of carbonyl (C=O) groups excluding carboxylic acids is 1. The fourth-order valence-electron chi connectivity index (χ4n) is 1.37. The Morgan fingerprint density at radius 2 is 2.11 bits per heavy atom. The van der Waals surface area contributed by atoms with Gasteiger partial charge in [-0.15, -0.1) is 0 Å². The van der Waals surface area contributed by atoms with Gasteiger partial charge in [-0.25, -0.2) is 0 Å². The summed E-state index contributed by atoms with van der Waals surface area (Å²) in [6, 6.07) is 3.08. The van der Waals surface area contributed by atoms with E-state index in [0.717, 1.165) is 0 Å². The predicted molar refractivity (Wildman–Crippen MR) is 65.5 cm³/mol. The van der Waals surface area contributed by atoms with Gasteiger partial charge in [0.2, 0.25) is 0 Å². The summed E-state index contributed by atoms with van der Waals surface area (Å²) in [5, 5.41) is 11.2. The van der Waals surface area contributed by atoms with Crippen LogP contribution in [0, 0.1) is 12.8 Å². The number of nitrogens with one attached hydrogen (secondary N) is 2. The van der Waals surface area contributed by atoms with E-state index in [-0.39, 0.29) is 12.1 Å². The zero-order valence-electron chi connectivity index (χ0n) is 10.3. The first-order valence-electron chi connectivity index (χ1n) is 5.62. The summed E-state index contributed by atoms with van der Waals surface area (Å²) in [7, 11) is 0. The molecule has 0 aliphatic heterocycles. The Labute approximate surface area is 104 Å². The highest BCUT2D eigenvalue weighted by Crippen LogP contribution is 2.00. The molecule has 1 unspecified atom stereocenters. The lowest BCUT2D eigenvalue weighted by molar-refractivity contribution is -0.141. The second-order valence-corrected chi connectivity index (χ2v) is 4.17. The Balaban J connectivity index is 2.56. The van der Waals surface area contributed by atoms with Crippen LogP contribution in [0.4, 0.5) is 0 Å². The van der Waals surface area contributed by atoms with Crippen LogP contribution in [0.2, 0.25) is 0 Å². The van der Waals surface area contributed by atoms with E-state index in [0.29, 0.717) is 12.1 Å². The minimum Gasteiger partial charge on any atom is -0.481 e. The van der Waals surface area contributed by atoms with Crippen molar-refractivity contribution in [2.75, 3.05) is 6.54 Å². The second kappa shape index (κ2) is 6.00. The quantitative estimate of drug-likeness (QED) is 0.711. The number of aryl methyl sites for hydroxylation is 1. The molecule has 0 aliphatic rings. The molecule has 1 rings (SSSR count). The molecule has 0 spiro atoms. The number of hydrogen-bond donors (Lipinski definition) is 3. The van der Waals surface area contributed by atoms with Gasteiger partial charge in [-0.05, 0) is 25.5 Å². The Hall–Kier alpha value is -2.11. The van der Waals surface area contributed by atoms with Crippen LogP contribution >= 0.6 is 0 Å². The number of aromatic amines is 1. The van der Waals surface area contributed by atoms with Gasteiger partial charge in [-0.2, -0.15) is 0 Å². The molecule has 0 fully saturated rings. The predicted octanol–water partition coefficient (Wildman–Crippen LogP) is 0.524. The van der Waals surface area contributed by atoms with E-state index in [1.165, 1.54) is 6.07 Å². The molecule has 0 aromatic carbocycles. The minimum atomic E-state index is -0.905. The molecule has 1 atom stereocenters. The van der Waals surface area contributed by atoms with Crippen molar-refractivity contribution in [3.8, 4) is 0 Å². The second-order valence-electron chi connectivity index (χ2n) is 4.17. The first kappa shape index (κ1) is 14.0. The van der Waals surface area contributed by atoms with Crippen LogP contribution in [0.1, 0.15) is 29.4 Å². The summed E-state index contributed by atoms with van der Waals surface area (Å²) >= 11 is 0. The third kappa shape index (κ3) is 3.73. The first-order chi connectivity index (χ1) is 8.41. The van der Waals surface area contributed by atoms with E-state index in [9.17, 15) is 14.4 Å². The Kier molecular flexibility index (Phi) is 4.65. The van der Waals surface area contributed by atoms with E-state index in [1.807, 2.05) is 0 Å². The molecular formula is C12H16N2O4. The highest BCUT2D eigenvalue weighted by Gasteiger charge is 2.13. The van der Waals surface area contributed by atoms with Gasteiger partial charge in [0.05, 0.1) is 5.92 Å². The van der Waals surface area contributed by atoms with Crippen molar-refractivity contribution >= 4 is 11.9 Å². The van der Waals surface area contributed by atoms with Crippen molar-refractivity contribution in [3.05, 3.63) is 33.7 Å². The van der Waals surface area contributed by atoms with Crippen molar-refractivity contribution in [1.82, 2.24) is 10.3 Å². The van der Waals surface area contributed by atoms with E-state index in [4.69, 9.17) is 5.11 Å². The van der Waals surface area contributed by atoms with Gasteiger partial charge in [0, 0.05) is 12.2 Å². The molecule has 0 saturated carbocycles. The molecule has 98 valence electrons. The smallest absolute Gasteiger partial charge is 0.306 e. The fraction of sp³-hybridized carbons (Fsp3) is 0.417. The van der Waals surface area contributed by atoms with Gasteiger partial charge in [-0.3, -0.25) is 14.4 Å². The van der Waals surface area contributed by atoms with Crippen LogP contribution in [-0.2, 0) is 4.79 Å². The van der Waals surface area contributed by atoms with Gasteiger partial charge in [0.15, 0.2) is 0 Å². The Bertz CT molecular complexity index is 507. The summed E-state index contributed by atoms with van der Waals surface area (Å²) in [5.74, 6) is -1.92. The van der Waals surface area contributed by atoms with Gasteiger partial charge < -0.3 is 15.4 Å². The molecule has 6 heteroatoms. The van der Waals surface area contributed by atoms with Gasteiger partial charge in [-0.1, -0.05) is 6.92 Å². The molecule has 18 heavy (non-hydrogen) atoms. The van der Waals surface area contributed by atoms with E-state index >= 15 is 0 Å². The molecule has 1 aromatic heterocycles. The number of pyridine rings is 1. The number of rotatable bonds is 5. The molecule has 1 heterocycles. The van der Waals surface area contributed by atoms with Crippen LogP contribution in [0.5, 0.6) is 0 Å². The van der Waals surface area contributed by atoms with Crippen molar-refractivity contribution in [2.45, 2.75) is 20.3 Å². The minimum absolute atomic E-state index is 0.0311. The summed E-state index contributed by atoms with van der Waals surface area (Å²) in [6.45, 7) is 3.50. The van der Waals surface area contributed by atoms with Crippen LogP contribution < -0.4 is 10.9 Å². The Morgan fingerprint density at radius 1 is 1.44 bits per heavy atom. The largest absolute Gasteiger partial charge is 0.481 e. The number of aliphatic carboxylic acids is 1. The van der Waals surface area contributed by atoms with E-state index < -0.39 is 23.4 Å². The number of hydrogen-bond acceptors (Lipinski definition) is 3. The normalized spacial score (nSPS) is 11.9. The number of amides is 1. The van der Waals surface area contributed by atoms with Gasteiger partial charge >= 0.3 is 5.97 Å². The standard InChI is InChI=1S/C12H16N2O4/c1-7(12(17)18)5-6-13-10(15)9-4-3-8(2)14-11(9)16/h3-4,7H,5-6H2,1-2H3,(H,13,15)(H,14,16)(H,17,18). The zero-order valence-corrected chi connectivity index (χ0v) is 10.3. The highest BCUT2D eigenvalue weighted by atomic mass is 16.4. The molecule has 0 aliphatic carbocycles. The van der Waals surface area contributed by atoms with Crippen LogP contribution in [0.25, 0.3) is 0 Å². The van der Waals surface area contributed by atoms with Gasteiger partial charge in [0.1, 0.15) is 5.56 Å². The number of carboxylic acid groups (broad SMARTS) is 1. The molecule has 6 nitrogen and oxygen atoms in total. The van der Waals surface area contributed by atoms with Gasteiger partial charge in [0.25, 0.3) is 11.5 Å². The summed E-state index contributed by atoms with van der Waals surface area (Å²) < 4.78 is 0. The SMILES string of the molecule is Cc1ccc(C(=O)NCCC(C)C(=O)O)c(=O)[nH]1. The maximum Gasteiger partial charge on any atom is 0.306 e. The fourth-order valence-corrected chi connectivity index (χ4v) is 1.37.